The summed E-state index contributed by atoms with van der Waals surface area (Å²) in [5.74, 6) is 0.816. The number of nitrogens with one attached hydrogen (secondary N) is 2. The molecule has 4 rings (SSSR count). The molecule has 1 unspecified atom stereocenters. The lowest BCUT2D eigenvalue weighted by Gasteiger charge is -2.36. The van der Waals surface area contributed by atoms with Gasteiger partial charge in [-0.2, -0.15) is 0 Å². The molecule has 0 saturated carbocycles. The fourth-order valence-corrected chi connectivity index (χ4v) is 4.72. The third-order valence-corrected chi connectivity index (χ3v) is 7.13. The van der Waals surface area contributed by atoms with Crippen molar-refractivity contribution >= 4 is 40.0 Å². The molecule has 190 valence electrons. The van der Waals surface area contributed by atoms with Crippen molar-refractivity contribution in [2.75, 3.05) is 93.5 Å². The number of anilines is 4. The second-order valence-corrected chi connectivity index (χ2v) is 9.64. The molecule has 2 aliphatic heterocycles. The van der Waals surface area contributed by atoms with Crippen molar-refractivity contribution in [3.63, 3.8) is 0 Å². The molecule has 2 fully saturated rings. The van der Waals surface area contributed by atoms with Crippen LogP contribution < -0.4 is 24.6 Å². The van der Waals surface area contributed by atoms with Crippen molar-refractivity contribution in [2.24, 2.45) is 0 Å². The van der Waals surface area contributed by atoms with Crippen LogP contribution >= 0.6 is 0 Å². The molecule has 2 N–H and O–H groups in total. The highest BCUT2D eigenvalue weighted by Crippen LogP contribution is 2.32. The first-order valence-electron chi connectivity index (χ1n) is 11.7. The number of likely N-dealkylation sites (N-methyl/N-ethyl adjacent to an activating group) is 1. The normalized spacial score (nSPS) is 17.7. The Hall–Kier alpha value is -3.02. The van der Waals surface area contributed by atoms with Crippen molar-refractivity contribution in [1.29, 1.82) is 0 Å². The van der Waals surface area contributed by atoms with Gasteiger partial charge in [-0.1, -0.05) is 0 Å². The maximum absolute atomic E-state index is 13.0. The molecular formula is C24H34N6O4S. The number of hydrogen-bond donors (Lipinski definition) is 2. The molecule has 2 aliphatic rings. The van der Waals surface area contributed by atoms with E-state index >= 15 is 0 Å². The van der Waals surface area contributed by atoms with Gasteiger partial charge in [-0.05, 0) is 49.5 Å². The van der Waals surface area contributed by atoms with Crippen molar-refractivity contribution in [2.45, 2.75) is 0 Å². The lowest BCUT2D eigenvalue weighted by Crippen LogP contribution is -2.50. The molecule has 1 atom stereocenters. The van der Waals surface area contributed by atoms with E-state index in [2.05, 4.69) is 31.8 Å². The van der Waals surface area contributed by atoms with Gasteiger partial charge in [-0.3, -0.25) is 8.91 Å². The Morgan fingerprint density at radius 3 is 2.11 bits per heavy atom. The third-order valence-electron chi connectivity index (χ3n) is 6.43. The zero-order valence-corrected chi connectivity index (χ0v) is 21.3. The summed E-state index contributed by atoms with van der Waals surface area (Å²) in [6.45, 7) is 6.56. The van der Waals surface area contributed by atoms with Crippen molar-refractivity contribution in [3.05, 3.63) is 42.5 Å². The van der Waals surface area contributed by atoms with Gasteiger partial charge in [0.25, 0.3) is 11.3 Å². The first-order chi connectivity index (χ1) is 17.0. The van der Waals surface area contributed by atoms with Crippen LogP contribution in [0, 0.1) is 0 Å². The van der Waals surface area contributed by atoms with E-state index in [-0.39, 0.29) is 6.03 Å². The van der Waals surface area contributed by atoms with Crippen LogP contribution in [0.25, 0.3) is 0 Å². The van der Waals surface area contributed by atoms with E-state index in [1.165, 1.54) is 7.11 Å². The highest BCUT2D eigenvalue weighted by atomic mass is 32.2. The molecule has 11 heteroatoms. The molecule has 0 spiro atoms. The molecule has 0 aromatic heterocycles. The molecular weight excluding hydrogens is 468 g/mol. The first kappa shape index (κ1) is 25.1. The van der Waals surface area contributed by atoms with E-state index in [9.17, 15) is 9.00 Å². The average Bonchev–Trinajstić information content (AvgIpc) is 2.89. The second-order valence-electron chi connectivity index (χ2n) is 8.63. The third kappa shape index (κ3) is 6.36. The van der Waals surface area contributed by atoms with E-state index < -0.39 is 11.3 Å². The number of nitrogens with zero attached hydrogens (tertiary/aromatic N) is 4. The highest BCUT2D eigenvalue weighted by molar-refractivity contribution is 7.81. The Labute approximate surface area is 209 Å². The largest absolute Gasteiger partial charge is 0.495 e. The minimum atomic E-state index is -1.55. The van der Waals surface area contributed by atoms with Crippen LogP contribution in [-0.2, 0) is 15.4 Å². The van der Waals surface area contributed by atoms with Gasteiger partial charge in [-0.25, -0.2) is 9.00 Å². The fraction of sp³-hybridized carbons (Fsp3) is 0.458. The number of methoxy groups -OCH3 is 1. The molecule has 2 heterocycles. The van der Waals surface area contributed by atoms with Gasteiger partial charge in [-0.15, -0.1) is 0 Å². The smallest absolute Gasteiger partial charge is 0.321 e. The molecule has 2 aromatic carbocycles. The number of urea groups is 1. The molecule has 2 amide bonds. The van der Waals surface area contributed by atoms with Crippen LogP contribution in [0.5, 0.6) is 5.75 Å². The SMILES string of the molecule is COc1ccc(NC(=O)N2CCN(c3ccc(NS(=O)OC)cc3)CC2)cc1N1CCN(C)CC1. The van der Waals surface area contributed by atoms with Gasteiger partial charge in [0.1, 0.15) is 5.75 Å². The number of carbonyl (C=O) groups excluding carboxylic acids is 1. The number of ether oxygens (including phenoxy) is 1. The molecule has 10 nitrogen and oxygen atoms in total. The van der Waals surface area contributed by atoms with E-state index in [4.69, 9.17) is 8.92 Å². The summed E-state index contributed by atoms with van der Waals surface area (Å²) in [5, 5.41) is 3.06. The Morgan fingerprint density at radius 1 is 0.857 bits per heavy atom. The molecule has 2 aromatic rings. The van der Waals surface area contributed by atoms with E-state index in [0.717, 1.165) is 67.8 Å². The van der Waals surface area contributed by atoms with E-state index in [1.807, 2.05) is 47.4 Å². The monoisotopic (exact) mass is 502 g/mol. The number of rotatable bonds is 7. The van der Waals surface area contributed by atoms with Gasteiger partial charge in [0, 0.05) is 69.4 Å². The molecule has 0 aliphatic carbocycles. The zero-order valence-electron chi connectivity index (χ0n) is 20.5. The van der Waals surface area contributed by atoms with Crippen LogP contribution in [0.4, 0.5) is 27.5 Å². The number of carbonyl (C=O) groups is 1. The van der Waals surface area contributed by atoms with Crippen molar-refractivity contribution in [3.8, 4) is 5.75 Å². The van der Waals surface area contributed by atoms with Crippen LogP contribution in [0.15, 0.2) is 42.5 Å². The summed E-state index contributed by atoms with van der Waals surface area (Å²) in [5.41, 5.74) is 3.56. The van der Waals surface area contributed by atoms with Crippen molar-refractivity contribution in [1.82, 2.24) is 9.80 Å². The predicted molar refractivity (Wildman–Crippen MR) is 141 cm³/mol. The second kappa shape index (κ2) is 11.6. The van der Waals surface area contributed by atoms with Crippen molar-refractivity contribution < 1.29 is 17.9 Å². The number of piperazine rings is 2. The van der Waals surface area contributed by atoms with Crippen LogP contribution in [-0.4, -0.2) is 93.7 Å². The summed E-state index contributed by atoms with van der Waals surface area (Å²) in [6, 6.07) is 13.4. The molecule has 2 saturated heterocycles. The predicted octanol–water partition coefficient (Wildman–Crippen LogP) is 2.44. The fourth-order valence-electron chi connectivity index (χ4n) is 4.31. The average molecular weight is 503 g/mol. The van der Waals surface area contributed by atoms with Gasteiger partial charge in [0.05, 0.1) is 19.9 Å². The molecule has 0 bridgehead atoms. The van der Waals surface area contributed by atoms with Gasteiger partial charge in [0.15, 0.2) is 0 Å². The number of benzene rings is 2. The lowest BCUT2D eigenvalue weighted by atomic mass is 10.2. The zero-order chi connectivity index (χ0) is 24.8. The maximum atomic E-state index is 13.0. The maximum Gasteiger partial charge on any atom is 0.321 e. The summed E-state index contributed by atoms with van der Waals surface area (Å²) in [4.78, 5) is 21.7. The van der Waals surface area contributed by atoms with E-state index in [1.54, 1.807) is 7.11 Å². The van der Waals surface area contributed by atoms with Crippen LogP contribution in [0.3, 0.4) is 0 Å². The van der Waals surface area contributed by atoms with Crippen LogP contribution in [0.2, 0.25) is 0 Å². The molecule has 35 heavy (non-hydrogen) atoms. The van der Waals surface area contributed by atoms with Gasteiger partial charge in [0.2, 0.25) is 0 Å². The Morgan fingerprint density at radius 2 is 1.49 bits per heavy atom. The molecule has 0 radical (unpaired) electrons. The van der Waals surface area contributed by atoms with E-state index in [0.29, 0.717) is 13.1 Å². The summed E-state index contributed by atoms with van der Waals surface area (Å²) >= 11 is -1.55. The number of hydrogen-bond acceptors (Lipinski definition) is 7. The first-order valence-corrected chi connectivity index (χ1v) is 12.8. The minimum Gasteiger partial charge on any atom is -0.495 e. The summed E-state index contributed by atoms with van der Waals surface area (Å²) in [7, 11) is 5.19. The topological polar surface area (TPSA) is 89.6 Å². The van der Waals surface area contributed by atoms with Gasteiger partial charge < -0.3 is 29.7 Å². The summed E-state index contributed by atoms with van der Waals surface area (Å²) in [6.07, 6.45) is 0. The van der Waals surface area contributed by atoms with Crippen LogP contribution in [0.1, 0.15) is 0 Å². The Kier molecular flexibility index (Phi) is 8.32. The Bertz CT molecular complexity index is 1020. The minimum absolute atomic E-state index is 0.0965. The quantitative estimate of drug-likeness (QED) is 0.601. The number of amides is 2. The van der Waals surface area contributed by atoms with Gasteiger partial charge >= 0.3 is 6.03 Å². The Balaban J connectivity index is 1.33. The highest BCUT2D eigenvalue weighted by Gasteiger charge is 2.23. The lowest BCUT2D eigenvalue weighted by molar-refractivity contribution is 0.208. The standard InChI is InChI=1S/C24H34N6O4S/c1-27-10-12-29(13-11-27)22-18-20(6-9-23(22)33-2)25-24(31)30-16-14-28(15-17-30)21-7-4-19(5-8-21)26-35(32)34-3/h4-9,18,26H,10-17H2,1-3H3,(H,25,31). The summed E-state index contributed by atoms with van der Waals surface area (Å²) < 4.78 is 24.5.